The first kappa shape index (κ1) is 12.2. The number of carboxylic acids is 1. The van der Waals surface area contributed by atoms with Gasteiger partial charge in [0.2, 0.25) is 0 Å². The number of carbonyl (C=O) groups excluding carboxylic acids is 1. The van der Waals surface area contributed by atoms with E-state index >= 15 is 0 Å². The summed E-state index contributed by atoms with van der Waals surface area (Å²) < 4.78 is 5.08. The molecular formula is C11H18N2O4. The Morgan fingerprint density at radius 2 is 2.12 bits per heavy atom. The summed E-state index contributed by atoms with van der Waals surface area (Å²) in [5.41, 5.74) is 0.140. The number of carboxylic acid groups (broad SMARTS) is 1. The van der Waals surface area contributed by atoms with Gasteiger partial charge in [0, 0.05) is 12.6 Å². The lowest BCUT2D eigenvalue weighted by atomic mass is 10.2. The van der Waals surface area contributed by atoms with Crippen LogP contribution in [0.1, 0.15) is 20.3 Å². The third-order valence-electron chi connectivity index (χ3n) is 3.49. The van der Waals surface area contributed by atoms with Gasteiger partial charge in [-0.3, -0.25) is 0 Å². The van der Waals surface area contributed by atoms with E-state index in [2.05, 4.69) is 19.2 Å². The summed E-state index contributed by atoms with van der Waals surface area (Å²) in [6, 6.07) is -1.01. The Hall–Kier alpha value is -1.30. The van der Waals surface area contributed by atoms with Crippen LogP contribution in [0.3, 0.4) is 0 Å². The van der Waals surface area contributed by atoms with Crippen LogP contribution in [0.2, 0.25) is 0 Å². The van der Waals surface area contributed by atoms with Crippen molar-refractivity contribution in [3.8, 4) is 0 Å². The van der Waals surface area contributed by atoms with E-state index < -0.39 is 12.0 Å². The molecule has 1 saturated carbocycles. The highest BCUT2D eigenvalue weighted by Crippen LogP contribution is 2.44. The van der Waals surface area contributed by atoms with Crippen LogP contribution in [-0.2, 0) is 9.53 Å². The van der Waals surface area contributed by atoms with E-state index in [0.717, 1.165) is 6.42 Å². The third-order valence-corrected chi connectivity index (χ3v) is 3.49. The summed E-state index contributed by atoms with van der Waals surface area (Å²) in [4.78, 5) is 24.3. The molecule has 0 aromatic carbocycles. The standard InChI is InChI=1S/C11H18N2O4/c1-11(2)5-8(11)12-10(16)13-3-4-17-6-7(13)9(14)15/h7-8H,3-6H2,1-2H3,(H,12,16)(H,14,15). The molecule has 0 radical (unpaired) electrons. The molecule has 2 atom stereocenters. The molecule has 0 aromatic heterocycles. The molecular weight excluding hydrogens is 224 g/mol. The molecule has 2 fully saturated rings. The van der Waals surface area contributed by atoms with Crippen LogP contribution >= 0.6 is 0 Å². The van der Waals surface area contributed by atoms with E-state index in [1.165, 1.54) is 4.90 Å². The highest BCUT2D eigenvalue weighted by Gasteiger charge is 2.47. The van der Waals surface area contributed by atoms with Gasteiger partial charge in [-0.25, -0.2) is 9.59 Å². The molecule has 1 saturated heterocycles. The molecule has 6 heteroatoms. The minimum Gasteiger partial charge on any atom is -0.480 e. The summed E-state index contributed by atoms with van der Waals surface area (Å²) in [6.45, 7) is 4.94. The molecule has 2 rings (SSSR count). The van der Waals surface area contributed by atoms with Gasteiger partial charge < -0.3 is 20.1 Å². The van der Waals surface area contributed by atoms with Gasteiger partial charge in [-0.15, -0.1) is 0 Å². The predicted octanol–water partition coefficient (Wildman–Crippen LogP) is 0.280. The van der Waals surface area contributed by atoms with Gasteiger partial charge in [-0.05, 0) is 11.8 Å². The zero-order valence-electron chi connectivity index (χ0n) is 10.1. The normalized spacial score (nSPS) is 30.8. The molecule has 2 N–H and O–H groups in total. The van der Waals surface area contributed by atoms with Crippen molar-refractivity contribution in [1.29, 1.82) is 0 Å². The molecule has 1 aliphatic carbocycles. The van der Waals surface area contributed by atoms with Gasteiger partial charge in [0.15, 0.2) is 6.04 Å². The number of aliphatic carboxylic acids is 1. The van der Waals surface area contributed by atoms with Gasteiger partial charge in [-0.2, -0.15) is 0 Å². The number of carbonyl (C=O) groups is 2. The monoisotopic (exact) mass is 242 g/mol. The second-order valence-electron chi connectivity index (χ2n) is 5.32. The molecule has 6 nitrogen and oxygen atoms in total. The van der Waals surface area contributed by atoms with Gasteiger partial charge in [0.1, 0.15) is 0 Å². The number of urea groups is 1. The van der Waals surface area contributed by atoms with Crippen LogP contribution in [0.5, 0.6) is 0 Å². The maximum atomic E-state index is 11.9. The molecule has 2 amide bonds. The summed E-state index contributed by atoms with van der Waals surface area (Å²) in [6.07, 6.45) is 0.945. The second-order valence-corrected chi connectivity index (χ2v) is 5.32. The first-order chi connectivity index (χ1) is 7.92. The highest BCUT2D eigenvalue weighted by atomic mass is 16.5. The summed E-state index contributed by atoms with van der Waals surface area (Å²) in [5.74, 6) is -1.02. The topological polar surface area (TPSA) is 78.9 Å². The number of amides is 2. The Labute approximate surface area is 99.9 Å². The molecule has 0 spiro atoms. The quantitative estimate of drug-likeness (QED) is 0.729. The van der Waals surface area contributed by atoms with Crippen molar-refractivity contribution in [2.24, 2.45) is 5.41 Å². The number of rotatable bonds is 2. The zero-order valence-corrected chi connectivity index (χ0v) is 10.1. The van der Waals surface area contributed by atoms with E-state index in [9.17, 15) is 9.59 Å². The Morgan fingerprint density at radius 3 is 2.65 bits per heavy atom. The number of morpholine rings is 1. The Bertz CT molecular complexity index is 342. The number of nitrogens with zero attached hydrogens (tertiary/aromatic N) is 1. The first-order valence-corrected chi connectivity index (χ1v) is 5.79. The van der Waals surface area contributed by atoms with Crippen LogP contribution in [0.4, 0.5) is 4.79 Å². The minimum absolute atomic E-state index is 0.0663. The van der Waals surface area contributed by atoms with Gasteiger partial charge in [0.05, 0.1) is 13.2 Å². The van der Waals surface area contributed by atoms with Crippen LogP contribution in [-0.4, -0.2) is 53.8 Å². The lowest BCUT2D eigenvalue weighted by molar-refractivity contribution is -0.147. The minimum atomic E-state index is -1.02. The number of nitrogens with one attached hydrogen (secondary N) is 1. The van der Waals surface area contributed by atoms with Crippen molar-refractivity contribution in [2.45, 2.75) is 32.4 Å². The second kappa shape index (κ2) is 4.18. The number of ether oxygens (including phenoxy) is 1. The lowest BCUT2D eigenvalue weighted by Gasteiger charge is -2.33. The van der Waals surface area contributed by atoms with Crippen molar-refractivity contribution >= 4 is 12.0 Å². The smallest absolute Gasteiger partial charge is 0.328 e. The molecule has 0 bridgehead atoms. The first-order valence-electron chi connectivity index (χ1n) is 5.79. The van der Waals surface area contributed by atoms with E-state index in [1.54, 1.807) is 0 Å². The maximum absolute atomic E-state index is 11.9. The average Bonchev–Trinajstić information content (AvgIpc) is 2.85. The van der Waals surface area contributed by atoms with Crippen LogP contribution < -0.4 is 5.32 Å². The van der Waals surface area contributed by atoms with Crippen LogP contribution in [0, 0.1) is 5.41 Å². The van der Waals surface area contributed by atoms with E-state index in [0.29, 0.717) is 13.2 Å². The Kier molecular flexibility index (Phi) is 2.99. The molecule has 17 heavy (non-hydrogen) atoms. The number of hydrogen-bond donors (Lipinski definition) is 2. The van der Waals surface area contributed by atoms with Crippen LogP contribution in [0.25, 0.3) is 0 Å². The molecule has 96 valence electrons. The van der Waals surface area contributed by atoms with Crippen LogP contribution in [0.15, 0.2) is 0 Å². The summed E-state index contributed by atoms with van der Waals surface area (Å²) >= 11 is 0. The summed E-state index contributed by atoms with van der Waals surface area (Å²) in [5, 5.41) is 11.9. The fraction of sp³-hybridized carbons (Fsp3) is 0.818. The molecule has 2 aliphatic rings. The van der Waals surface area contributed by atoms with Gasteiger partial charge >= 0.3 is 12.0 Å². The molecule has 1 heterocycles. The van der Waals surface area contributed by atoms with Crippen molar-refractivity contribution in [2.75, 3.05) is 19.8 Å². The number of hydrogen-bond acceptors (Lipinski definition) is 3. The molecule has 2 unspecified atom stereocenters. The van der Waals surface area contributed by atoms with Gasteiger partial charge in [0.25, 0.3) is 0 Å². The maximum Gasteiger partial charge on any atom is 0.328 e. The van der Waals surface area contributed by atoms with Crippen molar-refractivity contribution < 1.29 is 19.4 Å². The molecule has 1 aliphatic heterocycles. The fourth-order valence-corrected chi connectivity index (χ4v) is 2.00. The summed E-state index contributed by atoms with van der Waals surface area (Å²) in [7, 11) is 0. The Balaban J connectivity index is 1.95. The van der Waals surface area contributed by atoms with E-state index in [1.807, 2.05) is 0 Å². The molecule has 0 aromatic rings. The van der Waals surface area contributed by atoms with Gasteiger partial charge in [-0.1, -0.05) is 13.8 Å². The average molecular weight is 242 g/mol. The predicted molar refractivity (Wildman–Crippen MR) is 59.7 cm³/mol. The van der Waals surface area contributed by atoms with Crippen molar-refractivity contribution in [1.82, 2.24) is 10.2 Å². The SMILES string of the molecule is CC1(C)CC1NC(=O)N1CCOCC1C(=O)O. The zero-order chi connectivity index (χ0) is 12.6. The largest absolute Gasteiger partial charge is 0.480 e. The van der Waals surface area contributed by atoms with E-state index in [-0.39, 0.29) is 24.1 Å². The lowest BCUT2D eigenvalue weighted by Crippen LogP contribution is -2.56. The third kappa shape index (κ3) is 2.52. The van der Waals surface area contributed by atoms with Crippen molar-refractivity contribution in [3.63, 3.8) is 0 Å². The Morgan fingerprint density at radius 1 is 1.47 bits per heavy atom. The van der Waals surface area contributed by atoms with Crippen molar-refractivity contribution in [3.05, 3.63) is 0 Å². The fourth-order valence-electron chi connectivity index (χ4n) is 2.00. The van der Waals surface area contributed by atoms with E-state index in [4.69, 9.17) is 9.84 Å². The highest BCUT2D eigenvalue weighted by molar-refractivity contribution is 5.83.